The topological polar surface area (TPSA) is 25.8 Å². The summed E-state index contributed by atoms with van der Waals surface area (Å²) < 4.78 is 0. The lowest BCUT2D eigenvalue weighted by Crippen LogP contribution is -2.12. The molecule has 0 radical (unpaired) electrons. The van der Waals surface area contributed by atoms with Crippen LogP contribution in [0.15, 0.2) is 0 Å². The van der Waals surface area contributed by atoms with Gasteiger partial charge >= 0.3 is 0 Å². The lowest BCUT2D eigenvalue weighted by molar-refractivity contribution is 0.582. The fourth-order valence-corrected chi connectivity index (χ4v) is 2.69. The molecule has 0 saturated carbocycles. The van der Waals surface area contributed by atoms with Gasteiger partial charge in [0.15, 0.2) is 0 Å². The highest BCUT2D eigenvalue weighted by Crippen LogP contribution is 2.28. The maximum absolute atomic E-state index is 6.25. The van der Waals surface area contributed by atoms with E-state index in [4.69, 9.17) is 16.6 Å². The Hall–Kier alpha value is -0.630. The molecule has 0 fully saturated rings. The van der Waals surface area contributed by atoms with Crippen molar-refractivity contribution in [3.05, 3.63) is 22.2 Å². The summed E-state index contributed by atoms with van der Waals surface area (Å²) in [7, 11) is 0. The Balaban J connectivity index is 2.38. The molecule has 0 N–H and O–H groups in total. The number of nitrogens with zero attached hydrogens (tertiary/aromatic N) is 2. The van der Waals surface area contributed by atoms with Gasteiger partial charge < -0.3 is 0 Å². The Kier molecular flexibility index (Phi) is 3.80. The van der Waals surface area contributed by atoms with Crippen molar-refractivity contribution in [2.75, 3.05) is 0 Å². The Morgan fingerprint density at radius 3 is 2.50 bits per heavy atom. The van der Waals surface area contributed by atoms with Gasteiger partial charge in [0.25, 0.3) is 0 Å². The van der Waals surface area contributed by atoms with Gasteiger partial charge in [-0.25, -0.2) is 9.97 Å². The average Bonchev–Trinajstić information content (AvgIpc) is 2.31. The molecule has 3 heteroatoms. The molecule has 0 atom stereocenters. The standard InChI is InChI=1S/C13H19ClN2/c1-3-9(4-2)13-15-11-8-6-5-7-10(11)12(14)16-13/h9H,3-8H2,1-2H3. The molecule has 0 aliphatic heterocycles. The summed E-state index contributed by atoms with van der Waals surface area (Å²) in [5.41, 5.74) is 2.40. The van der Waals surface area contributed by atoms with E-state index in [0.29, 0.717) is 11.1 Å². The molecule has 2 nitrogen and oxygen atoms in total. The third-order valence-electron chi connectivity index (χ3n) is 3.50. The highest BCUT2D eigenvalue weighted by Gasteiger charge is 2.19. The molecule has 0 aromatic carbocycles. The van der Waals surface area contributed by atoms with Crippen LogP contribution in [0.25, 0.3) is 0 Å². The minimum Gasteiger partial charge on any atom is -0.237 e. The van der Waals surface area contributed by atoms with Crippen LogP contribution < -0.4 is 0 Å². The van der Waals surface area contributed by atoms with Gasteiger partial charge in [-0.3, -0.25) is 0 Å². The van der Waals surface area contributed by atoms with E-state index in [1.54, 1.807) is 0 Å². The minimum atomic E-state index is 0.463. The second kappa shape index (κ2) is 5.13. The van der Waals surface area contributed by atoms with E-state index < -0.39 is 0 Å². The summed E-state index contributed by atoms with van der Waals surface area (Å²) in [6, 6.07) is 0. The molecule has 0 saturated heterocycles. The summed E-state index contributed by atoms with van der Waals surface area (Å²) in [6.45, 7) is 4.37. The highest BCUT2D eigenvalue weighted by molar-refractivity contribution is 6.30. The Labute approximate surface area is 102 Å². The van der Waals surface area contributed by atoms with Crippen LogP contribution >= 0.6 is 11.6 Å². The van der Waals surface area contributed by atoms with Gasteiger partial charge in [0.1, 0.15) is 11.0 Å². The van der Waals surface area contributed by atoms with E-state index in [2.05, 4.69) is 18.8 Å². The summed E-state index contributed by atoms with van der Waals surface area (Å²) in [4.78, 5) is 9.20. The van der Waals surface area contributed by atoms with Gasteiger partial charge in [-0.15, -0.1) is 0 Å². The Bertz CT molecular complexity index is 372. The molecule has 2 rings (SSSR count). The van der Waals surface area contributed by atoms with E-state index in [-0.39, 0.29) is 0 Å². The van der Waals surface area contributed by atoms with Crippen molar-refractivity contribution in [2.45, 2.75) is 58.3 Å². The lowest BCUT2D eigenvalue weighted by atomic mass is 9.96. The maximum Gasteiger partial charge on any atom is 0.136 e. The van der Waals surface area contributed by atoms with Gasteiger partial charge in [0.05, 0.1) is 0 Å². The first-order valence-electron chi connectivity index (χ1n) is 6.31. The molecule has 1 aliphatic carbocycles. The number of rotatable bonds is 3. The maximum atomic E-state index is 6.25. The molecule has 0 amide bonds. The van der Waals surface area contributed by atoms with Crippen LogP contribution in [0.5, 0.6) is 0 Å². The molecule has 1 aromatic heterocycles. The molecule has 1 aliphatic rings. The molecule has 0 bridgehead atoms. The SMILES string of the molecule is CCC(CC)c1nc(Cl)c2c(n1)CCCC2. The summed E-state index contributed by atoms with van der Waals surface area (Å²) in [5, 5.41) is 0.701. The molecule has 88 valence electrons. The van der Waals surface area contributed by atoms with Crippen molar-refractivity contribution in [3.8, 4) is 0 Å². The molecule has 1 aromatic rings. The molecular weight excluding hydrogens is 220 g/mol. The van der Waals surface area contributed by atoms with Gasteiger partial charge in [0, 0.05) is 17.2 Å². The average molecular weight is 239 g/mol. The van der Waals surface area contributed by atoms with Crippen molar-refractivity contribution in [1.82, 2.24) is 9.97 Å². The van der Waals surface area contributed by atoms with Crippen molar-refractivity contribution < 1.29 is 0 Å². The molecule has 1 heterocycles. The molecule has 0 spiro atoms. The normalized spacial score (nSPS) is 15.2. The zero-order valence-electron chi connectivity index (χ0n) is 10.1. The van der Waals surface area contributed by atoms with Crippen molar-refractivity contribution >= 4 is 11.6 Å². The van der Waals surface area contributed by atoms with Gasteiger partial charge in [-0.2, -0.15) is 0 Å². The van der Waals surface area contributed by atoms with Crippen molar-refractivity contribution in [3.63, 3.8) is 0 Å². The number of halogens is 1. The largest absolute Gasteiger partial charge is 0.237 e. The molecule has 16 heavy (non-hydrogen) atoms. The van der Waals surface area contributed by atoms with E-state index in [1.807, 2.05) is 0 Å². The zero-order valence-corrected chi connectivity index (χ0v) is 10.8. The smallest absolute Gasteiger partial charge is 0.136 e. The Morgan fingerprint density at radius 2 is 1.81 bits per heavy atom. The predicted molar refractivity (Wildman–Crippen MR) is 67.0 cm³/mol. The fourth-order valence-electron chi connectivity index (χ4n) is 2.40. The quantitative estimate of drug-likeness (QED) is 0.747. The second-order valence-corrected chi connectivity index (χ2v) is 4.88. The number of aromatic nitrogens is 2. The van der Waals surface area contributed by atoms with Crippen LogP contribution in [0.4, 0.5) is 0 Å². The van der Waals surface area contributed by atoms with Gasteiger partial charge in [-0.1, -0.05) is 25.4 Å². The predicted octanol–water partition coefficient (Wildman–Crippen LogP) is 3.91. The third-order valence-corrected chi connectivity index (χ3v) is 3.81. The summed E-state index contributed by atoms with van der Waals surface area (Å²) in [5.74, 6) is 1.42. The van der Waals surface area contributed by atoms with Gasteiger partial charge in [0.2, 0.25) is 0 Å². The van der Waals surface area contributed by atoms with Crippen LogP contribution in [0, 0.1) is 0 Å². The van der Waals surface area contributed by atoms with Crippen LogP contribution in [-0.2, 0) is 12.8 Å². The van der Waals surface area contributed by atoms with Crippen LogP contribution in [-0.4, -0.2) is 9.97 Å². The van der Waals surface area contributed by atoms with Crippen LogP contribution in [0.2, 0.25) is 5.15 Å². The molecular formula is C13H19ClN2. The number of hydrogen-bond acceptors (Lipinski definition) is 2. The molecule has 0 unspecified atom stereocenters. The first kappa shape index (κ1) is 11.8. The number of aryl methyl sites for hydroxylation is 1. The Morgan fingerprint density at radius 1 is 1.12 bits per heavy atom. The van der Waals surface area contributed by atoms with E-state index in [9.17, 15) is 0 Å². The first-order valence-corrected chi connectivity index (χ1v) is 6.69. The van der Waals surface area contributed by atoms with Crippen LogP contribution in [0.1, 0.15) is 62.5 Å². The van der Waals surface area contributed by atoms with Gasteiger partial charge in [-0.05, 0) is 38.5 Å². The van der Waals surface area contributed by atoms with E-state index in [0.717, 1.165) is 31.5 Å². The van der Waals surface area contributed by atoms with Crippen LogP contribution in [0.3, 0.4) is 0 Å². The first-order chi connectivity index (χ1) is 7.76. The third kappa shape index (κ3) is 2.22. The highest BCUT2D eigenvalue weighted by atomic mass is 35.5. The van der Waals surface area contributed by atoms with E-state index >= 15 is 0 Å². The number of hydrogen-bond donors (Lipinski definition) is 0. The monoisotopic (exact) mass is 238 g/mol. The van der Waals surface area contributed by atoms with E-state index in [1.165, 1.54) is 24.1 Å². The second-order valence-electron chi connectivity index (χ2n) is 4.52. The summed E-state index contributed by atoms with van der Waals surface area (Å²) in [6.07, 6.45) is 6.77. The van der Waals surface area contributed by atoms with Crippen molar-refractivity contribution in [2.24, 2.45) is 0 Å². The zero-order chi connectivity index (χ0) is 11.5. The number of fused-ring (bicyclic) bond motifs is 1. The summed E-state index contributed by atoms with van der Waals surface area (Å²) >= 11 is 6.25. The minimum absolute atomic E-state index is 0.463. The fraction of sp³-hybridized carbons (Fsp3) is 0.692. The lowest BCUT2D eigenvalue weighted by Gasteiger charge is -2.19. The van der Waals surface area contributed by atoms with Crippen molar-refractivity contribution in [1.29, 1.82) is 0 Å².